The summed E-state index contributed by atoms with van der Waals surface area (Å²) in [4.78, 5) is 45.2. The molecule has 1 atom stereocenters. The molecule has 180 valence electrons. The van der Waals surface area contributed by atoms with E-state index < -0.39 is 23.2 Å². The van der Waals surface area contributed by atoms with E-state index in [1.165, 1.54) is 6.07 Å². The van der Waals surface area contributed by atoms with Crippen LogP contribution in [0.2, 0.25) is 5.02 Å². The van der Waals surface area contributed by atoms with Gasteiger partial charge in [-0.25, -0.2) is 6.57 Å². The Labute approximate surface area is 207 Å². The maximum atomic E-state index is 12.9. The van der Waals surface area contributed by atoms with Crippen LogP contribution in [0.5, 0.6) is 6.01 Å². The predicted octanol–water partition coefficient (Wildman–Crippen LogP) is 4.15. The monoisotopic (exact) mass is 493 g/mol. The summed E-state index contributed by atoms with van der Waals surface area (Å²) in [5, 5.41) is 10.2. The van der Waals surface area contributed by atoms with Gasteiger partial charge in [-0.1, -0.05) is 54.1 Å². The molecule has 0 aliphatic carbocycles. The first-order chi connectivity index (χ1) is 16.9. The average Bonchev–Trinajstić information content (AvgIpc) is 2.84. The number of carbonyl (C=O) groups is 2. The van der Waals surface area contributed by atoms with Crippen molar-refractivity contribution in [3.8, 4) is 17.3 Å². The highest BCUT2D eigenvalue weighted by Crippen LogP contribution is 2.21. The summed E-state index contributed by atoms with van der Waals surface area (Å²) < 4.78 is 6.77. The van der Waals surface area contributed by atoms with Crippen LogP contribution in [0.3, 0.4) is 0 Å². The number of aliphatic carboxylic acids is 1. The van der Waals surface area contributed by atoms with Crippen LogP contribution >= 0.6 is 11.6 Å². The minimum Gasteiger partial charge on any atom is -0.481 e. The van der Waals surface area contributed by atoms with Crippen LogP contribution in [-0.4, -0.2) is 39.6 Å². The molecule has 1 unspecified atom stereocenters. The average molecular weight is 494 g/mol. The maximum Gasteiger partial charge on any atom is 0.307 e. The smallest absolute Gasteiger partial charge is 0.307 e. The zero-order valence-corrected chi connectivity index (χ0v) is 19.6. The highest BCUT2D eigenvalue weighted by atomic mass is 35.5. The molecule has 0 bridgehead atoms. The lowest BCUT2D eigenvalue weighted by Crippen LogP contribution is -2.29. The fourth-order valence-electron chi connectivity index (χ4n) is 3.48. The highest BCUT2D eigenvalue weighted by Gasteiger charge is 2.23. The standard InChI is InChI=1S/C26H24ClN3O5/c1-28-12-5-13-35-26-29-23(19-8-10-21(27)11-9-19)16-24(32)30(26)17-22(31)15-20(25(33)34)14-18-6-3-2-4-7-18/h2-4,6-11,16,20H,5,12-15,17H2,(H,33,34). The number of nitrogens with zero attached hydrogens (tertiary/aromatic N) is 3. The SMILES string of the molecule is [C-]#[N+]CCCOc1nc(-c2ccc(Cl)cc2)cc(=O)n1CC(=O)CC(Cc1ccccc1)C(=O)O. The molecule has 35 heavy (non-hydrogen) atoms. The molecule has 0 saturated heterocycles. The van der Waals surface area contributed by atoms with Gasteiger partial charge in [0.2, 0.25) is 6.54 Å². The molecule has 1 heterocycles. The first-order valence-electron chi connectivity index (χ1n) is 11.0. The number of rotatable bonds is 12. The van der Waals surface area contributed by atoms with Gasteiger partial charge in [0.05, 0.1) is 31.2 Å². The molecule has 3 aromatic rings. The molecular weight excluding hydrogens is 470 g/mol. The van der Waals surface area contributed by atoms with Crippen LogP contribution in [0.25, 0.3) is 16.1 Å². The van der Waals surface area contributed by atoms with Gasteiger partial charge >= 0.3 is 5.97 Å². The molecule has 3 rings (SSSR count). The summed E-state index contributed by atoms with van der Waals surface area (Å²) >= 11 is 5.94. The quantitative estimate of drug-likeness (QED) is 0.300. The van der Waals surface area contributed by atoms with Crippen molar-refractivity contribution in [1.29, 1.82) is 0 Å². The van der Waals surface area contributed by atoms with Crippen molar-refractivity contribution >= 4 is 23.4 Å². The molecule has 0 saturated carbocycles. The van der Waals surface area contributed by atoms with Gasteiger partial charge in [-0.3, -0.25) is 19.0 Å². The van der Waals surface area contributed by atoms with E-state index >= 15 is 0 Å². The second-order valence-electron chi connectivity index (χ2n) is 7.91. The molecule has 1 aromatic heterocycles. The van der Waals surface area contributed by atoms with Crippen LogP contribution < -0.4 is 10.3 Å². The largest absolute Gasteiger partial charge is 0.481 e. The normalized spacial score (nSPS) is 11.4. The summed E-state index contributed by atoms with van der Waals surface area (Å²) in [5.41, 5.74) is 1.30. The third kappa shape index (κ3) is 7.52. The summed E-state index contributed by atoms with van der Waals surface area (Å²) in [6.45, 7) is 6.91. The molecular formula is C26H24ClN3O5. The summed E-state index contributed by atoms with van der Waals surface area (Å²) in [6, 6.07) is 17.0. The van der Waals surface area contributed by atoms with Gasteiger partial charge in [-0.2, -0.15) is 4.98 Å². The van der Waals surface area contributed by atoms with Crippen molar-refractivity contribution in [2.75, 3.05) is 13.2 Å². The van der Waals surface area contributed by atoms with Gasteiger partial charge in [0.25, 0.3) is 11.6 Å². The van der Waals surface area contributed by atoms with Crippen molar-refractivity contribution < 1.29 is 19.4 Å². The van der Waals surface area contributed by atoms with Gasteiger partial charge in [-0.15, -0.1) is 0 Å². The number of Topliss-reactive ketones (excluding diaryl/α,β-unsaturated/α-hetero) is 1. The van der Waals surface area contributed by atoms with Crippen molar-refractivity contribution in [1.82, 2.24) is 9.55 Å². The number of halogens is 1. The van der Waals surface area contributed by atoms with Crippen LogP contribution in [0.1, 0.15) is 18.4 Å². The first-order valence-corrected chi connectivity index (χ1v) is 11.4. The van der Waals surface area contributed by atoms with E-state index in [9.17, 15) is 19.5 Å². The molecule has 0 fully saturated rings. The Morgan fingerprint density at radius 2 is 1.86 bits per heavy atom. The van der Waals surface area contributed by atoms with E-state index in [0.717, 1.165) is 10.1 Å². The zero-order chi connectivity index (χ0) is 25.2. The van der Waals surface area contributed by atoms with E-state index in [0.29, 0.717) is 22.7 Å². The number of carbonyl (C=O) groups excluding carboxylic acids is 1. The van der Waals surface area contributed by atoms with Crippen LogP contribution in [-0.2, 0) is 22.6 Å². The fourth-order valence-corrected chi connectivity index (χ4v) is 3.60. The Kier molecular flexibility index (Phi) is 9.16. The number of aromatic nitrogens is 2. The minimum atomic E-state index is -1.08. The number of hydrogen-bond acceptors (Lipinski definition) is 5. The van der Waals surface area contributed by atoms with Gasteiger partial charge in [0, 0.05) is 23.1 Å². The topological polar surface area (TPSA) is 103 Å². The minimum absolute atomic E-state index is 0.0595. The molecule has 0 aliphatic heterocycles. The Hall–Kier alpha value is -3.96. The Bertz CT molecular complexity index is 1270. The second-order valence-corrected chi connectivity index (χ2v) is 8.34. The van der Waals surface area contributed by atoms with E-state index in [1.54, 1.807) is 48.5 Å². The second kappa shape index (κ2) is 12.5. The van der Waals surface area contributed by atoms with E-state index in [-0.39, 0.29) is 38.5 Å². The van der Waals surface area contributed by atoms with Gasteiger partial charge in [0.1, 0.15) is 0 Å². The van der Waals surface area contributed by atoms with Crippen LogP contribution in [0.15, 0.2) is 65.5 Å². The highest BCUT2D eigenvalue weighted by molar-refractivity contribution is 6.30. The third-order valence-corrected chi connectivity index (χ3v) is 5.49. The number of ketones is 1. The summed E-state index contributed by atoms with van der Waals surface area (Å²) in [6.07, 6.45) is 0.383. The Balaban J connectivity index is 1.83. The Morgan fingerprint density at radius 1 is 1.14 bits per heavy atom. The summed E-state index contributed by atoms with van der Waals surface area (Å²) in [5.74, 6) is -2.44. The van der Waals surface area contributed by atoms with Crippen molar-refractivity contribution in [3.63, 3.8) is 0 Å². The predicted molar refractivity (Wildman–Crippen MR) is 131 cm³/mol. The lowest BCUT2D eigenvalue weighted by molar-refractivity contribution is -0.143. The molecule has 0 aliphatic rings. The van der Waals surface area contributed by atoms with Crippen molar-refractivity contribution in [2.24, 2.45) is 5.92 Å². The molecule has 0 amide bonds. The lowest BCUT2D eigenvalue weighted by atomic mass is 9.94. The van der Waals surface area contributed by atoms with E-state index in [4.69, 9.17) is 22.9 Å². The lowest BCUT2D eigenvalue weighted by Gasteiger charge is -2.15. The van der Waals surface area contributed by atoms with Gasteiger partial charge in [-0.05, 0) is 24.1 Å². The fraction of sp³-hybridized carbons (Fsp3) is 0.269. The molecule has 9 heteroatoms. The number of carboxylic acids is 1. The summed E-state index contributed by atoms with van der Waals surface area (Å²) in [7, 11) is 0. The van der Waals surface area contributed by atoms with Gasteiger partial charge in [0.15, 0.2) is 5.78 Å². The maximum absolute atomic E-state index is 12.9. The van der Waals surface area contributed by atoms with Gasteiger partial charge < -0.3 is 14.7 Å². The molecule has 0 spiro atoms. The number of hydrogen-bond donors (Lipinski definition) is 1. The van der Waals surface area contributed by atoms with Crippen molar-refractivity contribution in [3.05, 3.63) is 93.0 Å². The first kappa shape index (κ1) is 25.7. The number of carboxylic acid groups (broad SMARTS) is 1. The third-order valence-electron chi connectivity index (χ3n) is 5.24. The van der Waals surface area contributed by atoms with Crippen LogP contribution in [0, 0.1) is 12.5 Å². The molecule has 1 N–H and O–H groups in total. The van der Waals surface area contributed by atoms with E-state index in [2.05, 4.69) is 9.83 Å². The molecule has 8 nitrogen and oxygen atoms in total. The number of benzene rings is 2. The number of ether oxygens (including phenoxy) is 1. The van der Waals surface area contributed by atoms with Crippen LogP contribution in [0.4, 0.5) is 0 Å². The molecule has 0 radical (unpaired) electrons. The van der Waals surface area contributed by atoms with Crippen molar-refractivity contribution in [2.45, 2.75) is 25.8 Å². The van der Waals surface area contributed by atoms with E-state index in [1.807, 2.05) is 6.07 Å². The zero-order valence-electron chi connectivity index (χ0n) is 18.9. The Morgan fingerprint density at radius 3 is 2.51 bits per heavy atom. The molecule has 2 aromatic carbocycles.